The summed E-state index contributed by atoms with van der Waals surface area (Å²) < 4.78 is 16.8. The van der Waals surface area contributed by atoms with Gasteiger partial charge in [-0.3, -0.25) is 0 Å². The number of ether oxygens (including phenoxy) is 3. The smallest absolute Gasteiger partial charge is 0.343 e. The van der Waals surface area contributed by atoms with Crippen molar-refractivity contribution in [1.82, 2.24) is 0 Å². The molecule has 3 aromatic rings. The van der Waals surface area contributed by atoms with Crippen LogP contribution in [0.15, 0.2) is 78.2 Å². The van der Waals surface area contributed by atoms with E-state index in [9.17, 15) is 10.1 Å². The van der Waals surface area contributed by atoms with Crippen LogP contribution in [0.2, 0.25) is 5.02 Å². The summed E-state index contributed by atoms with van der Waals surface area (Å²) in [5.74, 6) is 0.372. The van der Waals surface area contributed by atoms with Gasteiger partial charge in [-0.05, 0) is 48.4 Å². The quantitative estimate of drug-likeness (QED) is 0.382. The molecule has 0 spiro atoms. The molecule has 1 aliphatic rings. The molecule has 33 heavy (non-hydrogen) atoms. The molecule has 0 bridgehead atoms. The van der Waals surface area contributed by atoms with Gasteiger partial charge in [-0.15, -0.1) is 0 Å². The van der Waals surface area contributed by atoms with Crippen LogP contribution in [0.25, 0.3) is 0 Å². The minimum atomic E-state index is -0.525. The number of carbonyl (C=O) groups excluding carboxylic acids is 1. The number of halogens is 1. The van der Waals surface area contributed by atoms with Crippen molar-refractivity contribution in [2.45, 2.75) is 19.3 Å². The average molecular weight is 461 g/mol. The SMILES string of the molecule is CCCOc1cccc(C(=O)Oc2ccc3c(c2)OC(N)=C(C#N)C3c2ccc(Cl)cc2)c1. The molecule has 4 rings (SSSR count). The fourth-order valence-electron chi connectivity index (χ4n) is 3.60. The molecular formula is C26H21ClN2O4. The van der Waals surface area contributed by atoms with Gasteiger partial charge in [0.2, 0.25) is 5.88 Å². The summed E-state index contributed by atoms with van der Waals surface area (Å²) >= 11 is 6.02. The van der Waals surface area contributed by atoms with Crippen molar-refractivity contribution in [3.05, 3.63) is 99.9 Å². The van der Waals surface area contributed by atoms with E-state index in [0.29, 0.717) is 40.0 Å². The number of nitrogens with two attached hydrogens (primary N) is 1. The lowest BCUT2D eigenvalue weighted by molar-refractivity contribution is 0.0734. The molecule has 0 aromatic heterocycles. The second-order valence-electron chi connectivity index (χ2n) is 7.44. The van der Waals surface area contributed by atoms with Crippen molar-refractivity contribution in [3.63, 3.8) is 0 Å². The molecule has 0 fully saturated rings. The first-order valence-electron chi connectivity index (χ1n) is 10.4. The van der Waals surface area contributed by atoms with Crippen LogP contribution < -0.4 is 19.9 Å². The molecular weight excluding hydrogens is 440 g/mol. The van der Waals surface area contributed by atoms with Crippen molar-refractivity contribution in [3.8, 4) is 23.3 Å². The Hall–Kier alpha value is -3.95. The van der Waals surface area contributed by atoms with Crippen LogP contribution in [0.5, 0.6) is 17.2 Å². The lowest BCUT2D eigenvalue weighted by Crippen LogP contribution is -2.21. The Morgan fingerprint density at radius 2 is 1.91 bits per heavy atom. The molecule has 0 aliphatic carbocycles. The van der Waals surface area contributed by atoms with Gasteiger partial charge < -0.3 is 19.9 Å². The predicted molar refractivity (Wildman–Crippen MR) is 124 cm³/mol. The van der Waals surface area contributed by atoms with E-state index < -0.39 is 11.9 Å². The van der Waals surface area contributed by atoms with Gasteiger partial charge in [0.15, 0.2) is 0 Å². The lowest BCUT2D eigenvalue weighted by Gasteiger charge is -2.26. The van der Waals surface area contributed by atoms with Gasteiger partial charge in [0.05, 0.1) is 18.1 Å². The van der Waals surface area contributed by atoms with Crippen LogP contribution in [-0.2, 0) is 0 Å². The molecule has 7 heteroatoms. The third kappa shape index (κ3) is 4.79. The van der Waals surface area contributed by atoms with Crippen LogP contribution in [-0.4, -0.2) is 12.6 Å². The van der Waals surface area contributed by atoms with E-state index >= 15 is 0 Å². The van der Waals surface area contributed by atoms with Gasteiger partial charge in [0.25, 0.3) is 0 Å². The Kier molecular flexibility index (Phi) is 6.53. The molecule has 2 N–H and O–H groups in total. The Morgan fingerprint density at radius 1 is 1.12 bits per heavy atom. The van der Waals surface area contributed by atoms with Crippen molar-refractivity contribution in [1.29, 1.82) is 5.26 Å². The van der Waals surface area contributed by atoms with E-state index in [1.165, 1.54) is 0 Å². The monoisotopic (exact) mass is 460 g/mol. The van der Waals surface area contributed by atoms with Crippen LogP contribution >= 0.6 is 11.6 Å². The van der Waals surface area contributed by atoms with Crippen LogP contribution in [0.1, 0.15) is 40.7 Å². The number of carbonyl (C=O) groups is 1. The van der Waals surface area contributed by atoms with Crippen LogP contribution in [0.3, 0.4) is 0 Å². The standard InChI is InChI=1S/C26H21ClN2O4/c1-2-12-31-19-5-3-4-17(13-19)26(30)32-20-10-11-21-23(14-20)33-25(29)22(15-28)24(21)16-6-8-18(27)9-7-16/h3-11,13-14,24H,2,12,29H2,1H3. The topological polar surface area (TPSA) is 94.6 Å². The van der Waals surface area contributed by atoms with Gasteiger partial charge in [0.1, 0.15) is 28.9 Å². The normalized spacial score (nSPS) is 14.6. The second-order valence-corrected chi connectivity index (χ2v) is 7.88. The number of rotatable bonds is 6. The van der Waals surface area contributed by atoms with Crippen molar-refractivity contribution in [2.75, 3.05) is 6.61 Å². The highest BCUT2D eigenvalue weighted by Gasteiger charge is 2.31. The zero-order chi connectivity index (χ0) is 23.4. The summed E-state index contributed by atoms with van der Waals surface area (Å²) in [4.78, 5) is 12.7. The molecule has 1 unspecified atom stereocenters. The summed E-state index contributed by atoms with van der Waals surface area (Å²) in [6.45, 7) is 2.57. The van der Waals surface area contributed by atoms with Crippen molar-refractivity contribution < 1.29 is 19.0 Å². The third-order valence-electron chi connectivity index (χ3n) is 5.15. The van der Waals surface area contributed by atoms with Gasteiger partial charge in [-0.2, -0.15) is 5.26 Å². The number of hydrogen-bond donors (Lipinski definition) is 1. The maximum atomic E-state index is 12.7. The molecule has 1 atom stereocenters. The van der Waals surface area contributed by atoms with E-state index in [-0.39, 0.29) is 5.88 Å². The molecule has 3 aromatic carbocycles. The third-order valence-corrected chi connectivity index (χ3v) is 5.40. The zero-order valence-corrected chi connectivity index (χ0v) is 18.6. The Balaban J connectivity index is 1.61. The highest BCUT2D eigenvalue weighted by Crippen LogP contribution is 2.43. The highest BCUT2D eigenvalue weighted by molar-refractivity contribution is 6.30. The first-order valence-corrected chi connectivity index (χ1v) is 10.8. The molecule has 6 nitrogen and oxygen atoms in total. The maximum absolute atomic E-state index is 12.7. The van der Waals surface area contributed by atoms with Crippen LogP contribution in [0.4, 0.5) is 0 Å². The minimum Gasteiger partial charge on any atom is -0.494 e. The molecule has 1 aliphatic heterocycles. The highest BCUT2D eigenvalue weighted by atomic mass is 35.5. The number of nitrogens with zero attached hydrogens (tertiary/aromatic N) is 1. The number of fused-ring (bicyclic) bond motifs is 1. The summed E-state index contributed by atoms with van der Waals surface area (Å²) in [5, 5.41) is 10.3. The Bertz CT molecular complexity index is 1260. The first kappa shape index (κ1) is 22.3. The summed E-state index contributed by atoms with van der Waals surface area (Å²) in [7, 11) is 0. The molecule has 0 saturated heterocycles. The molecule has 0 saturated carbocycles. The predicted octanol–water partition coefficient (Wildman–Crippen LogP) is 5.57. The molecule has 1 heterocycles. The lowest BCUT2D eigenvalue weighted by atomic mass is 9.83. The van der Waals surface area contributed by atoms with Gasteiger partial charge in [-0.1, -0.05) is 42.8 Å². The number of benzene rings is 3. The van der Waals surface area contributed by atoms with E-state index in [1.807, 2.05) is 19.1 Å². The molecule has 0 amide bonds. The molecule has 166 valence electrons. The summed E-state index contributed by atoms with van der Waals surface area (Å²) in [5.41, 5.74) is 8.30. The van der Waals surface area contributed by atoms with Crippen molar-refractivity contribution >= 4 is 17.6 Å². The van der Waals surface area contributed by atoms with Gasteiger partial charge in [0, 0.05) is 16.7 Å². The van der Waals surface area contributed by atoms with Gasteiger partial charge in [-0.25, -0.2) is 4.79 Å². The zero-order valence-electron chi connectivity index (χ0n) is 17.9. The fourth-order valence-corrected chi connectivity index (χ4v) is 3.72. The number of esters is 1. The van der Waals surface area contributed by atoms with Gasteiger partial charge >= 0.3 is 5.97 Å². The fraction of sp³-hybridized carbons (Fsp3) is 0.154. The maximum Gasteiger partial charge on any atom is 0.343 e. The summed E-state index contributed by atoms with van der Waals surface area (Å²) in [6.07, 6.45) is 0.867. The van der Waals surface area contributed by atoms with Crippen LogP contribution in [0, 0.1) is 11.3 Å². The Morgan fingerprint density at radius 3 is 2.64 bits per heavy atom. The van der Waals surface area contributed by atoms with E-state index in [4.69, 9.17) is 31.5 Å². The largest absolute Gasteiger partial charge is 0.494 e. The Labute approximate surface area is 196 Å². The summed E-state index contributed by atoms with van der Waals surface area (Å²) in [6, 6.07) is 21.2. The molecule has 0 radical (unpaired) electrons. The van der Waals surface area contributed by atoms with E-state index in [0.717, 1.165) is 17.5 Å². The first-order chi connectivity index (χ1) is 16.0. The number of nitriles is 1. The van der Waals surface area contributed by atoms with E-state index in [1.54, 1.807) is 54.6 Å². The van der Waals surface area contributed by atoms with Crippen molar-refractivity contribution in [2.24, 2.45) is 5.73 Å². The van der Waals surface area contributed by atoms with E-state index in [2.05, 4.69) is 6.07 Å². The number of allylic oxidation sites excluding steroid dienone is 1. The second kappa shape index (κ2) is 9.68. The average Bonchev–Trinajstić information content (AvgIpc) is 2.82. The number of hydrogen-bond acceptors (Lipinski definition) is 6. The minimum absolute atomic E-state index is 0.00852.